The molecule has 7 heteroatoms. The summed E-state index contributed by atoms with van der Waals surface area (Å²) in [5.41, 5.74) is 0.163. The molecular weight excluding hydrogens is 332 g/mol. The standard InChI is InChI=1S/C19H28N4O3/c1-2-22-13-8-15(20-22)17(25)21-11-6-14(7-12-21)23-18(26)16(24)19(23)9-4-3-5-10-19/h8,13-14,16,24H,2-7,9-12H2,1H3. The smallest absolute Gasteiger partial charge is 0.274 e. The third-order valence-corrected chi connectivity index (χ3v) is 6.48. The number of likely N-dealkylation sites (tertiary alicyclic amines) is 2. The Morgan fingerprint density at radius 1 is 1.27 bits per heavy atom. The molecule has 3 heterocycles. The van der Waals surface area contributed by atoms with Crippen molar-refractivity contribution in [3.8, 4) is 0 Å². The molecule has 0 bridgehead atoms. The molecule has 142 valence electrons. The quantitative estimate of drug-likeness (QED) is 0.827. The first-order chi connectivity index (χ1) is 12.6. The van der Waals surface area contributed by atoms with Crippen LogP contribution in [0.1, 0.15) is 62.4 Å². The van der Waals surface area contributed by atoms with Crippen LogP contribution in [0.25, 0.3) is 0 Å². The number of hydrogen-bond acceptors (Lipinski definition) is 4. The van der Waals surface area contributed by atoms with Gasteiger partial charge in [-0.05, 0) is 38.7 Å². The highest BCUT2D eigenvalue weighted by atomic mass is 16.3. The Kier molecular flexibility index (Phi) is 4.50. The Hall–Kier alpha value is -1.89. The van der Waals surface area contributed by atoms with Crippen LogP contribution in [0.2, 0.25) is 0 Å². The minimum absolute atomic E-state index is 0.0296. The average molecular weight is 360 g/mol. The van der Waals surface area contributed by atoms with Crippen LogP contribution in [0.3, 0.4) is 0 Å². The molecule has 1 atom stereocenters. The van der Waals surface area contributed by atoms with Gasteiger partial charge in [-0.25, -0.2) is 0 Å². The Morgan fingerprint density at radius 3 is 2.58 bits per heavy atom. The number of rotatable bonds is 3. The van der Waals surface area contributed by atoms with E-state index in [0.29, 0.717) is 18.8 Å². The zero-order valence-electron chi connectivity index (χ0n) is 15.4. The van der Waals surface area contributed by atoms with E-state index in [-0.39, 0.29) is 23.4 Å². The predicted octanol–water partition coefficient (Wildman–Crippen LogP) is 1.41. The molecule has 7 nitrogen and oxygen atoms in total. The second kappa shape index (κ2) is 6.68. The number of carbonyl (C=O) groups excluding carboxylic acids is 2. The predicted molar refractivity (Wildman–Crippen MR) is 95.5 cm³/mol. The number of nitrogens with zero attached hydrogens (tertiary/aromatic N) is 4. The van der Waals surface area contributed by atoms with Gasteiger partial charge >= 0.3 is 0 Å². The number of carbonyl (C=O) groups is 2. The number of hydrogen-bond donors (Lipinski definition) is 1. The molecule has 1 unspecified atom stereocenters. The minimum Gasteiger partial charge on any atom is -0.381 e. The van der Waals surface area contributed by atoms with Gasteiger partial charge in [-0.2, -0.15) is 5.10 Å². The van der Waals surface area contributed by atoms with E-state index in [1.54, 1.807) is 10.7 Å². The molecule has 1 N–H and O–H groups in total. The molecule has 4 rings (SSSR count). The first-order valence-corrected chi connectivity index (χ1v) is 9.91. The van der Waals surface area contributed by atoms with E-state index in [2.05, 4.69) is 5.10 Å². The SMILES string of the molecule is CCn1ccc(C(=O)N2CCC(N3C(=O)C(O)C34CCCCC4)CC2)n1. The maximum absolute atomic E-state index is 12.6. The summed E-state index contributed by atoms with van der Waals surface area (Å²) in [7, 11) is 0. The molecule has 0 aromatic carbocycles. The number of β-lactam (4-membered cyclic amide) rings is 1. The van der Waals surface area contributed by atoms with Crippen LogP contribution in [0.5, 0.6) is 0 Å². The molecule has 1 aliphatic carbocycles. The van der Waals surface area contributed by atoms with Gasteiger partial charge in [0, 0.05) is 31.9 Å². The highest BCUT2D eigenvalue weighted by Gasteiger charge is 2.61. The van der Waals surface area contributed by atoms with Crippen molar-refractivity contribution in [2.45, 2.75) is 76.1 Å². The molecule has 3 fully saturated rings. The lowest BCUT2D eigenvalue weighted by atomic mass is 9.68. The van der Waals surface area contributed by atoms with E-state index in [1.165, 1.54) is 6.42 Å². The van der Waals surface area contributed by atoms with Crippen LogP contribution >= 0.6 is 0 Å². The summed E-state index contributed by atoms with van der Waals surface area (Å²) in [6.07, 6.45) is 7.74. The molecule has 1 aromatic rings. The summed E-state index contributed by atoms with van der Waals surface area (Å²) in [6.45, 7) is 4.01. The molecular formula is C19H28N4O3. The molecule has 2 aliphatic heterocycles. The average Bonchev–Trinajstić information content (AvgIpc) is 3.18. The second-order valence-corrected chi connectivity index (χ2v) is 7.86. The molecule has 1 aromatic heterocycles. The van der Waals surface area contributed by atoms with Gasteiger partial charge < -0.3 is 14.9 Å². The fourth-order valence-corrected chi connectivity index (χ4v) is 5.01. The highest BCUT2D eigenvalue weighted by Crippen LogP contribution is 2.46. The number of aryl methyl sites for hydroxylation is 1. The summed E-state index contributed by atoms with van der Waals surface area (Å²) in [5.74, 6) is -0.142. The second-order valence-electron chi connectivity index (χ2n) is 7.86. The van der Waals surface area contributed by atoms with E-state index in [9.17, 15) is 14.7 Å². The first-order valence-electron chi connectivity index (χ1n) is 9.91. The van der Waals surface area contributed by atoms with Crippen LogP contribution in [-0.4, -0.2) is 67.3 Å². The number of aromatic nitrogens is 2. The van der Waals surface area contributed by atoms with Crippen molar-refractivity contribution in [2.24, 2.45) is 0 Å². The first kappa shape index (κ1) is 17.5. The van der Waals surface area contributed by atoms with Gasteiger partial charge in [0.05, 0.1) is 5.54 Å². The van der Waals surface area contributed by atoms with Crippen molar-refractivity contribution in [3.63, 3.8) is 0 Å². The molecule has 2 amide bonds. The number of aliphatic hydroxyl groups excluding tert-OH is 1. The van der Waals surface area contributed by atoms with Crippen molar-refractivity contribution in [1.82, 2.24) is 19.6 Å². The Labute approximate surface area is 153 Å². The van der Waals surface area contributed by atoms with Gasteiger partial charge in [0.15, 0.2) is 6.10 Å². The molecule has 26 heavy (non-hydrogen) atoms. The van der Waals surface area contributed by atoms with Crippen LogP contribution in [0.4, 0.5) is 0 Å². The van der Waals surface area contributed by atoms with Crippen LogP contribution in [0.15, 0.2) is 12.3 Å². The Bertz CT molecular complexity index is 687. The van der Waals surface area contributed by atoms with E-state index in [1.807, 2.05) is 22.9 Å². The van der Waals surface area contributed by atoms with Crippen LogP contribution in [0, 0.1) is 0 Å². The van der Waals surface area contributed by atoms with Gasteiger partial charge in [0.25, 0.3) is 11.8 Å². The van der Waals surface area contributed by atoms with Gasteiger partial charge in [-0.15, -0.1) is 0 Å². The van der Waals surface area contributed by atoms with E-state index in [0.717, 1.165) is 45.1 Å². The van der Waals surface area contributed by atoms with Crippen molar-refractivity contribution >= 4 is 11.8 Å². The highest BCUT2D eigenvalue weighted by molar-refractivity contribution is 5.92. The van der Waals surface area contributed by atoms with E-state index in [4.69, 9.17) is 0 Å². The number of piperidine rings is 1. The zero-order valence-corrected chi connectivity index (χ0v) is 15.4. The van der Waals surface area contributed by atoms with Crippen LogP contribution < -0.4 is 0 Å². The minimum atomic E-state index is -0.819. The van der Waals surface area contributed by atoms with Gasteiger partial charge in [-0.1, -0.05) is 19.3 Å². The zero-order chi connectivity index (χ0) is 18.3. The maximum Gasteiger partial charge on any atom is 0.274 e. The number of amides is 2. The summed E-state index contributed by atoms with van der Waals surface area (Å²) < 4.78 is 1.76. The molecule has 2 saturated heterocycles. The fourth-order valence-electron chi connectivity index (χ4n) is 5.01. The Morgan fingerprint density at radius 2 is 1.96 bits per heavy atom. The van der Waals surface area contributed by atoms with Crippen LogP contribution in [-0.2, 0) is 11.3 Å². The molecule has 0 radical (unpaired) electrons. The lowest BCUT2D eigenvalue weighted by Gasteiger charge is -2.61. The molecule has 1 saturated carbocycles. The lowest BCUT2D eigenvalue weighted by Crippen LogP contribution is -2.77. The van der Waals surface area contributed by atoms with Gasteiger partial charge in [0.2, 0.25) is 0 Å². The molecule has 3 aliphatic rings. The monoisotopic (exact) mass is 360 g/mol. The lowest BCUT2D eigenvalue weighted by molar-refractivity contribution is -0.200. The summed E-state index contributed by atoms with van der Waals surface area (Å²) in [4.78, 5) is 28.8. The van der Waals surface area contributed by atoms with Crippen molar-refractivity contribution in [2.75, 3.05) is 13.1 Å². The van der Waals surface area contributed by atoms with Crippen molar-refractivity contribution in [3.05, 3.63) is 18.0 Å². The third kappa shape index (κ3) is 2.64. The van der Waals surface area contributed by atoms with Gasteiger partial charge in [0.1, 0.15) is 5.69 Å². The fraction of sp³-hybridized carbons (Fsp3) is 0.737. The summed E-state index contributed by atoms with van der Waals surface area (Å²) >= 11 is 0. The largest absolute Gasteiger partial charge is 0.381 e. The number of aliphatic hydroxyl groups is 1. The normalized spacial score (nSPS) is 26.2. The molecule has 1 spiro atoms. The van der Waals surface area contributed by atoms with Crippen molar-refractivity contribution < 1.29 is 14.7 Å². The Balaban J connectivity index is 1.40. The van der Waals surface area contributed by atoms with Crippen molar-refractivity contribution in [1.29, 1.82) is 0 Å². The summed E-state index contributed by atoms with van der Waals surface area (Å²) in [6, 6.07) is 1.91. The summed E-state index contributed by atoms with van der Waals surface area (Å²) in [5, 5.41) is 14.6. The van der Waals surface area contributed by atoms with E-state index >= 15 is 0 Å². The van der Waals surface area contributed by atoms with E-state index < -0.39 is 6.10 Å². The van der Waals surface area contributed by atoms with Gasteiger partial charge in [-0.3, -0.25) is 14.3 Å². The topological polar surface area (TPSA) is 78.7 Å². The third-order valence-electron chi connectivity index (χ3n) is 6.48. The maximum atomic E-state index is 12.6.